The van der Waals surface area contributed by atoms with Crippen LogP contribution in [0.25, 0.3) is 0 Å². The number of hydrogen-bond donors (Lipinski definition) is 1. The Hall–Kier alpha value is -1.29. The van der Waals surface area contributed by atoms with Gasteiger partial charge >= 0.3 is 6.18 Å². The van der Waals surface area contributed by atoms with Crippen LogP contribution in [-0.4, -0.2) is 6.54 Å². The third-order valence-electron chi connectivity index (χ3n) is 2.31. The SMILES string of the molecule is C/C=C/CCNCc1cccc(C(F)(F)F)c1. The van der Waals surface area contributed by atoms with Gasteiger partial charge in [0.05, 0.1) is 5.56 Å². The lowest BCUT2D eigenvalue weighted by molar-refractivity contribution is -0.137. The molecule has 1 aromatic rings. The van der Waals surface area contributed by atoms with E-state index in [-0.39, 0.29) is 0 Å². The fourth-order valence-electron chi connectivity index (χ4n) is 1.44. The third kappa shape index (κ3) is 5.04. The summed E-state index contributed by atoms with van der Waals surface area (Å²) in [5.74, 6) is 0. The van der Waals surface area contributed by atoms with Gasteiger partial charge in [0.15, 0.2) is 0 Å². The molecular formula is C13H16F3N. The number of hydrogen-bond acceptors (Lipinski definition) is 1. The summed E-state index contributed by atoms with van der Waals surface area (Å²) >= 11 is 0. The summed E-state index contributed by atoms with van der Waals surface area (Å²) in [6.45, 7) is 3.16. The lowest BCUT2D eigenvalue weighted by atomic mass is 10.1. The predicted octanol–water partition coefficient (Wildman–Crippen LogP) is 3.76. The van der Waals surface area contributed by atoms with Crippen LogP contribution in [0.1, 0.15) is 24.5 Å². The van der Waals surface area contributed by atoms with Crippen LogP contribution >= 0.6 is 0 Å². The van der Waals surface area contributed by atoms with Crippen molar-refractivity contribution in [1.82, 2.24) is 5.32 Å². The van der Waals surface area contributed by atoms with E-state index >= 15 is 0 Å². The molecule has 0 amide bonds. The van der Waals surface area contributed by atoms with E-state index in [2.05, 4.69) is 5.32 Å². The lowest BCUT2D eigenvalue weighted by Crippen LogP contribution is -2.15. The number of allylic oxidation sites excluding steroid dienone is 1. The Bertz CT molecular complexity index is 369. The van der Waals surface area contributed by atoms with Crippen LogP contribution in [0.5, 0.6) is 0 Å². The quantitative estimate of drug-likeness (QED) is 0.613. The molecule has 0 radical (unpaired) electrons. The minimum atomic E-state index is -4.26. The zero-order valence-electron chi connectivity index (χ0n) is 9.72. The number of nitrogens with one attached hydrogen (secondary N) is 1. The summed E-state index contributed by atoms with van der Waals surface area (Å²) in [6.07, 6.45) is 0.585. The van der Waals surface area contributed by atoms with E-state index in [1.165, 1.54) is 12.1 Å². The van der Waals surface area contributed by atoms with E-state index in [1.54, 1.807) is 6.07 Å². The van der Waals surface area contributed by atoms with Crippen molar-refractivity contribution < 1.29 is 13.2 Å². The van der Waals surface area contributed by atoms with Crippen molar-refractivity contribution in [1.29, 1.82) is 0 Å². The molecule has 17 heavy (non-hydrogen) atoms. The van der Waals surface area contributed by atoms with Gasteiger partial charge in [-0.15, -0.1) is 0 Å². The van der Waals surface area contributed by atoms with Crippen LogP contribution in [0.3, 0.4) is 0 Å². The zero-order valence-corrected chi connectivity index (χ0v) is 9.72. The Labute approximate surface area is 99.3 Å². The van der Waals surface area contributed by atoms with Crippen LogP contribution in [0.15, 0.2) is 36.4 Å². The lowest BCUT2D eigenvalue weighted by Gasteiger charge is -2.09. The van der Waals surface area contributed by atoms with Crippen molar-refractivity contribution in [2.45, 2.75) is 26.1 Å². The smallest absolute Gasteiger partial charge is 0.312 e. The molecule has 0 aliphatic carbocycles. The highest BCUT2D eigenvalue weighted by atomic mass is 19.4. The highest BCUT2D eigenvalue weighted by Crippen LogP contribution is 2.29. The Morgan fingerprint density at radius 2 is 2.06 bits per heavy atom. The first kappa shape index (κ1) is 13.8. The van der Waals surface area contributed by atoms with Crippen LogP contribution in [0.2, 0.25) is 0 Å². The monoisotopic (exact) mass is 243 g/mol. The molecule has 0 saturated heterocycles. The first-order valence-electron chi connectivity index (χ1n) is 5.52. The summed E-state index contributed by atoms with van der Waals surface area (Å²) in [4.78, 5) is 0. The maximum Gasteiger partial charge on any atom is 0.416 e. The van der Waals surface area contributed by atoms with Crippen LogP contribution < -0.4 is 5.32 Å². The predicted molar refractivity (Wildman–Crippen MR) is 62.6 cm³/mol. The molecular weight excluding hydrogens is 227 g/mol. The number of halogens is 3. The average Bonchev–Trinajstić information content (AvgIpc) is 2.28. The van der Waals surface area contributed by atoms with Gasteiger partial charge in [0, 0.05) is 6.54 Å². The topological polar surface area (TPSA) is 12.0 Å². The number of benzene rings is 1. The van der Waals surface area contributed by atoms with Crippen molar-refractivity contribution in [3.05, 3.63) is 47.5 Å². The summed E-state index contributed by atoms with van der Waals surface area (Å²) in [5.41, 5.74) is 0.0607. The van der Waals surface area contributed by atoms with E-state index in [1.807, 2.05) is 19.1 Å². The van der Waals surface area contributed by atoms with Gasteiger partial charge in [0.1, 0.15) is 0 Å². The van der Waals surface area contributed by atoms with Gasteiger partial charge in [-0.1, -0.05) is 30.4 Å². The zero-order chi connectivity index (χ0) is 12.7. The summed E-state index contributed by atoms with van der Waals surface area (Å²) < 4.78 is 37.3. The van der Waals surface area contributed by atoms with E-state index in [0.29, 0.717) is 12.1 Å². The second-order valence-corrected chi connectivity index (χ2v) is 3.73. The Morgan fingerprint density at radius 1 is 1.29 bits per heavy atom. The van der Waals surface area contributed by atoms with Gasteiger partial charge < -0.3 is 5.32 Å². The second-order valence-electron chi connectivity index (χ2n) is 3.73. The van der Waals surface area contributed by atoms with E-state index in [0.717, 1.165) is 19.0 Å². The van der Waals surface area contributed by atoms with Gasteiger partial charge in [-0.3, -0.25) is 0 Å². The molecule has 0 bridgehead atoms. The molecule has 1 N–H and O–H groups in total. The molecule has 1 rings (SSSR count). The molecule has 94 valence electrons. The normalized spacial score (nSPS) is 12.2. The Kier molecular flexibility index (Phi) is 5.22. The molecule has 0 aliphatic heterocycles. The molecule has 0 unspecified atom stereocenters. The molecule has 0 atom stereocenters. The van der Waals surface area contributed by atoms with E-state index in [9.17, 15) is 13.2 Å². The highest BCUT2D eigenvalue weighted by Gasteiger charge is 2.30. The van der Waals surface area contributed by atoms with Crippen molar-refractivity contribution in [3.8, 4) is 0 Å². The Balaban J connectivity index is 2.49. The standard InChI is InChI=1S/C13H16F3N/c1-2-3-4-8-17-10-11-6-5-7-12(9-11)13(14,15)16/h2-3,5-7,9,17H,4,8,10H2,1H3/b3-2+. The summed E-state index contributed by atoms with van der Waals surface area (Å²) in [5, 5.41) is 3.10. The highest BCUT2D eigenvalue weighted by molar-refractivity contribution is 5.25. The van der Waals surface area contributed by atoms with E-state index < -0.39 is 11.7 Å². The molecule has 0 saturated carbocycles. The van der Waals surface area contributed by atoms with Crippen molar-refractivity contribution >= 4 is 0 Å². The maximum atomic E-state index is 12.4. The maximum absolute atomic E-state index is 12.4. The molecule has 0 heterocycles. The van der Waals surface area contributed by atoms with Crippen molar-refractivity contribution in [2.75, 3.05) is 6.54 Å². The van der Waals surface area contributed by atoms with E-state index in [4.69, 9.17) is 0 Å². The molecule has 0 aromatic heterocycles. The van der Waals surface area contributed by atoms with Gasteiger partial charge in [-0.2, -0.15) is 13.2 Å². The van der Waals surface area contributed by atoms with Crippen LogP contribution in [0, 0.1) is 0 Å². The van der Waals surface area contributed by atoms with Crippen molar-refractivity contribution in [2.24, 2.45) is 0 Å². The van der Waals surface area contributed by atoms with Crippen LogP contribution in [-0.2, 0) is 12.7 Å². The van der Waals surface area contributed by atoms with Gasteiger partial charge in [0.25, 0.3) is 0 Å². The average molecular weight is 243 g/mol. The number of rotatable bonds is 5. The molecule has 0 spiro atoms. The minimum absolute atomic E-state index is 0.460. The first-order chi connectivity index (χ1) is 8.04. The fourth-order valence-corrected chi connectivity index (χ4v) is 1.44. The summed E-state index contributed by atoms with van der Waals surface area (Å²) in [6, 6.07) is 5.40. The molecule has 1 aromatic carbocycles. The molecule has 4 heteroatoms. The molecule has 0 fully saturated rings. The van der Waals surface area contributed by atoms with Gasteiger partial charge in [-0.25, -0.2) is 0 Å². The molecule has 1 nitrogen and oxygen atoms in total. The third-order valence-corrected chi connectivity index (χ3v) is 2.31. The molecule has 0 aliphatic rings. The van der Waals surface area contributed by atoms with Gasteiger partial charge in [0.2, 0.25) is 0 Å². The van der Waals surface area contributed by atoms with Crippen LogP contribution in [0.4, 0.5) is 13.2 Å². The van der Waals surface area contributed by atoms with Crippen molar-refractivity contribution in [3.63, 3.8) is 0 Å². The first-order valence-corrected chi connectivity index (χ1v) is 5.52. The Morgan fingerprint density at radius 3 is 2.71 bits per heavy atom. The largest absolute Gasteiger partial charge is 0.416 e. The minimum Gasteiger partial charge on any atom is -0.312 e. The summed E-state index contributed by atoms with van der Waals surface area (Å²) in [7, 11) is 0. The second kappa shape index (κ2) is 6.45. The fraction of sp³-hybridized carbons (Fsp3) is 0.385. The number of alkyl halides is 3. The van der Waals surface area contributed by atoms with Gasteiger partial charge in [-0.05, 0) is 31.5 Å².